The van der Waals surface area contributed by atoms with Crippen LogP contribution in [-0.4, -0.2) is 24.1 Å². The smallest absolute Gasteiger partial charge is 0.258 e. The molecule has 7 nitrogen and oxygen atoms in total. The van der Waals surface area contributed by atoms with Gasteiger partial charge in [-0.3, -0.25) is 13.8 Å². The van der Waals surface area contributed by atoms with E-state index < -0.39 is 5.82 Å². The maximum Gasteiger partial charge on any atom is 0.258 e. The number of fused-ring (bicyclic) bond motifs is 1. The molecule has 0 atom stereocenters. The third-order valence-corrected chi connectivity index (χ3v) is 5.59. The molecule has 0 saturated heterocycles. The van der Waals surface area contributed by atoms with E-state index in [0.29, 0.717) is 34.6 Å². The number of nitrogens with zero attached hydrogens (tertiary/aromatic N) is 5. The minimum Gasteiger partial charge on any atom is -0.483 e. The molecule has 4 aromatic rings. The number of benzene rings is 1. The quantitative estimate of drug-likeness (QED) is 0.308. The molecule has 0 aliphatic heterocycles. The summed E-state index contributed by atoms with van der Waals surface area (Å²) in [6, 6.07) is 11.5. The molecular formula is C22H20FN5O2S. The molecule has 158 valence electrons. The Balaban J connectivity index is 1.53. The fourth-order valence-electron chi connectivity index (χ4n) is 3.07. The molecule has 0 saturated carbocycles. The number of thioether (sulfide) groups is 1. The Morgan fingerprint density at radius 3 is 2.87 bits per heavy atom. The van der Waals surface area contributed by atoms with Gasteiger partial charge in [0.2, 0.25) is 0 Å². The fourth-order valence-corrected chi connectivity index (χ4v) is 3.93. The molecule has 0 aliphatic carbocycles. The molecular weight excluding hydrogens is 417 g/mol. The van der Waals surface area contributed by atoms with Crippen molar-refractivity contribution >= 4 is 17.4 Å². The fraction of sp³-hybridized carbons (Fsp3) is 0.182. The summed E-state index contributed by atoms with van der Waals surface area (Å²) in [5, 5.41) is 9.05. The minimum atomic E-state index is -0.434. The average molecular weight is 438 g/mol. The van der Waals surface area contributed by atoms with Gasteiger partial charge in [0.25, 0.3) is 5.56 Å². The van der Waals surface area contributed by atoms with E-state index in [-0.39, 0.29) is 17.9 Å². The van der Waals surface area contributed by atoms with Gasteiger partial charge in [-0.25, -0.2) is 9.37 Å². The van der Waals surface area contributed by atoms with Gasteiger partial charge in [-0.15, -0.1) is 16.8 Å². The highest BCUT2D eigenvalue weighted by atomic mass is 32.2. The van der Waals surface area contributed by atoms with Crippen molar-refractivity contribution < 1.29 is 9.13 Å². The van der Waals surface area contributed by atoms with Crippen LogP contribution in [0.25, 0.3) is 5.65 Å². The lowest BCUT2D eigenvalue weighted by Crippen LogP contribution is -2.15. The monoisotopic (exact) mass is 437 g/mol. The highest BCUT2D eigenvalue weighted by Gasteiger charge is 2.14. The Morgan fingerprint density at radius 2 is 2.06 bits per heavy atom. The SMILES string of the molecule is C=CCn1c(COc2ccccc2F)nnc1SCc1cc(=O)n2cccc(C)c2n1. The van der Waals surface area contributed by atoms with Crippen LogP contribution in [0.5, 0.6) is 5.75 Å². The lowest BCUT2D eigenvalue weighted by Gasteiger charge is -2.10. The molecule has 0 aliphatic rings. The number of hydrogen-bond acceptors (Lipinski definition) is 6. The molecule has 0 spiro atoms. The molecule has 4 rings (SSSR count). The third-order valence-electron chi connectivity index (χ3n) is 4.59. The first-order chi connectivity index (χ1) is 15.1. The van der Waals surface area contributed by atoms with Gasteiger partial charge < -0.3 is 4.74 Å². The summed E-state index contributed by atoms with van der Waals surface area (Å²) in [4.78, 5) is 17.0. The van der Waals surface area contributed by atoms with E-state index in [4.69, 9.17) is 4.74 Å². The van der Waals surface area contributed by atoms with Gasteiger partial charge in [-0.05, 0) is 30.7 Å². The predicted octanol–water partition coefficient (Wildman–Crippen LogP) is 3.79. The summed E-state index contributed by atoms with van der Waals surface area (Å²) < 4.78 is 22.7. The highest BCUT2D eigenvalue weighted by Crippen LogP contribution is 2.23. The minimum absolute atomic E-state index is 0.0666. The molecule has 0 radical (unpaired) electrons. The molecule has 0 bridgehead atoms. The molecule has 0 amide bonds. The van der Waals surface area contributed by atoms with Crippen molar-refractivity contribution in [2.45, 2.75) is 31.0 Å². The molecule has 3 heterocycles. The first-order valence-corrected chi connectivity index (χ1v) is 10.6. The first-order valence-electron chi connectivity index (χ1n) is 9.58. The number of ether oxygens (including phenoxy) is 1. The van der Waals surface area contributed by atoms with Crippen LogP contribution in [0.1, 0.15) is 17.1 Å². The normalized spacial score (nSPS) is 11.0. The Hall–Kier alpha value is -3.46. The van der Waals surface area contributed by atoms with Gasteiger partial charge in [-0.1, -0.05) is 36.0 Å². The summed E-state index contributed by atoms with van der Waals surface area (Å²) in [5.41, 5.74) is 2.09. The number of allylic oxidation sites excluding steroid dienone is 1. The lowest BCUT2D eigenvalue weighted by atomic mass is 10.3. The van der Waals surface area contributed by atoms with Gasteiger partial charge in [0.05, 0.1) is 5.69 Å². The number of pyridine rings is 1. The van der Waals surface area contributed by atoms with Gasteiger partial charge in [0, 0.05) is 24.6 Å². The molecule has 3 aromatic heterocycles. The van der Waals surface area contributed by atoms with E-state index in [1.165, 1.54) is 28.3 Å². The topological polar surface area (TPSA) is 74.3 Å². The largest absolute Gasteiger partial charge is 0.483 e. The second-order valence-corrected chi connectivity index (χ2v) is 7.72. The highest BCUT2D eigenvalue weighted by molar-refractivity contribution is 7.98. The summed E-state index contributed by atoms with van der Waals surface area (Å²) in [5.74, 6) is 0.716. The van der Waals surface area contributed by atoms with Gasteiger partial charge in [0.1, 0.15) is 12.3 Å². The van der Waals surface area contributed by atoms with Crippen molar-refractivity contribution in [2.24, 2.45) is 0 Å². The molecule has 0 unspecified atom stereocenters. The van der Waals surface area contributed by atoms with Crippen molar-refractivity contribution in [3.05, 3.63) is 94.6 Å². The maximum absolute atomic E-state index is 13.8. The van der Waals surface area contributed by atoms with Crippen LogP contribution in [0.15, 0.2) is 71.3 Å². The molecule has 31 heavy (non-hydrogen) atoms. The third kappa shape index (κ3) is 4.51. The summed E-state index contributed by atoms with van der Waals surface area (Å²) in [7, 11) is 0. The summed E-state index contributed by atoms with van der Waals surface area (Å²) in [6.07, 6.45) is 3.43. The van der Waals surface area contributed by atoms with E-state index in [1.807, 2.05) is 23.6 Å². The Morgan fingerprint density at radius 1 is 1.23 bits per heavy atom. The Labute approximate surface area is 182 Å². The molecule has 1 aromatic carbocycles. The van der Waals surface area contributed by atoms with E-state index in [1.54, 1.807) is 30.5 Å². The van der Waals surface area contributed by atoms with Crippen LogP contribution >= 0.6 is 11.8 Å². The number of aryl methyl sites for hydroxylation is 1. The standard InChI is InChI=1S/C22H20FN5O2S/c1-3-10-27-19(13-30-18-9-5-4-8-17(18)23)25-26-22(27)31-14-16-12-20(29)28-11-6-7-15(2)21(28)24-16/h3-9,11-12H,1,10,13-14H2,2H3. The van der Waals surface area contributed by atoms with E-state index in [9.17, 15) is 9.18 Å². The summed E-state index contributed by atoms with van der Waals surface area (Å²) >= 11 is 1.41. The van der Waals surface area contributed by atoms with E-state index in [2.05, 4.69) is 21.8 Å². The predicted molar refractivity (Wildman–Crippen MR) is 117 cm³/mol. The van der Waals surface area contributed by atoms with Crippen molar-refractivity contribution in [1.29, 1.82) is 0 Å². The van der Waals surface area contributed by atoms with Crippen LogP contribution in [0, 0.1) is 12.7 Å². The second kappa shape index (κ2) is 9.13. The maximum atomic E-state index is 13.8. The number of hydrogen-bond donors (Lipinski definition) is 0. The zero-order chi connectivity index (χ0) is 21.8. The van der Waals surface area contributed by atoms with Crippen molar-refractivity contribution in [3.63, 3.8) is 0 Å². The molecule has 9 heteroatoms. The Bertz CT molecular complexity index is 1300. The van der Waals surface area contributed by atoms with Gasteiger partial charge in [-0.2, -0.15) is 0 Å². The lowest BCUT2D eigenvalue weighted by molar-refractivity contribution is 0.275. The molecule has 0 N–H and O–H groups in total. The van der Waals surface area contributed by atoms with Crippen LogP contribution in [0.3, 0.4) is 0 Å². The van der Waals surface area contributed by atoms with Crippen LogP contribution in [0.4, 0.5) is 4.39 Å². The van der Waals surface area contributed by atoms with Gasteiger partial charge in [0.15, 0.2) is 22.5 Å². The Kier molecular flexibility index (Phi) is 6.13. The van der Waals surface area contributed by atoms with Crippen LogP contribution < -0.4 is 10.3 Å². The first kappa shape index (κ1) is 20.8. The summed E-state index contributed by atoms with van der Waals surface area (Å²) in [6.45, 7) is 6.24. The number of rotatable bonds is 8. The number of halogens is 1. The zero-order valence-corrected chi connectivity index (χ0v) is 17.7. The molecule has 0 fully saturated rings. The average Bonchev–Trinajstić information content (AvgIpc) is 3.14. The van der Waals surface area contributed by atoms with E-state index >= 15 is 0 Å². The van der Waals surface area contributed by atoms with E-state index in [0.717, 1.165) is 5.56 Å². The zero-order valence-electron chi connectivity index (χ0n) is 16.9. The second-order valence-electron chi connectivity index (χ2n) is 6.78. The number of para-hydroxylation sites is 1. The van der Waals surface area contributed by atoms with Crippen LogP contribution in [0.2, 0.25) is 0 Å². The van der Waals surface area contributed by atoms with Crippen molar-refractivity contribution in [3.8, 4) is 5.75 Å². The van der Waals surface area contributed by atoms with Crippen molar-refractivity contribution in [1.82, 2.24) is 24.1 Å². The number of aromatic nitrogens is 5. The van der Waals surface area contributed by atoms with Crippen LogP contribution in [-0.2, 0) is 18.9 Å². The van der Waals surface area contributed by atoms with Crippen molar-refractivity contribution in [2.75, 3.05) is 0 Å². The van der Waals surface area contributed by atoms with Gasteiger partial charge >= 0.3 is 0 Å².